The third kappa shape index (κ3) is 7.24. The van der Waals surface area contributed by atoms with Gasteiger partial charge in [-0.15, -0.1) is 46.2 Å². The number of hydrogen-bond donors (Lipinski definition) is 0. The Kier molecular flexibility index (Phi) is 8.78. The van der Waals surface area contributed by atoms with Gasteiger partial charge in [-0.1, -0.05) is 76.9 Å². The van der Waals surface area contributed by atoms with E-state index in [0.29, 0.717) is 0 Å². The van der Waals surface area contributed by atoms with E-state index in [2.05, 4.69) is 109 Å². The van der Waals surface area contributed by atoms with E-state index in [1.165, 1.54) is 32.7 Å². The summed E-state index contributed by atoms with van der Waals surface area (Å²) in [5.41, 5.74) is 3.42. The minimum absolute atomic E-state index is 0.203. The first-order valence-corrected chi connectivity index (χ1v) is 17.0. The SMILES string of the molecule is CC(C)(C)c1ccc2c(c1)[cH-]c1cc(C(C)(C)C)ccc12.C[Si](C)=[Zr+2].[C-]1=CC=CC1. The van der Waals surface area contributed by atoms with Crippen LogP contribution in [-0.2, 0) is 34.2 Å². The molecule has 0 fully saturated rings. The second-order valence-corrected chi connectivity index (χ2v) is 19.6. The van der Waals surface area contributed by atoms with Gasteiger partial charge in [0.15, 0.2) is 0 Å². The Morgan fingerprint density at radius 2 is 1.27 bits per heavy atom. The molecule has 1 aliphatic carbocycles. The normalized spacial score (nSPS) is 13.1. The summed E-state index contributed by atoms with van der Waals surface area (Å²) in [6.07, 6.45) is 10.0. The first-order chi connectivity index (χ1) is 13.9. The Bertz CT molecular complexity index is 983. The van der Waals surface area contributed by atoms with E-state index in [-0.39, 0.29) is 16.3 Å². The molecule has 3 aromatic carbocycles. The maximum atomic E-state index is 2.99. The minimum atomic E-state index is 0.203. The fourth-order valence-electron chi connectivity index (χ4n) is 3.30. The van der Waals surface area contributed by atoms with Crippen molar-refractivity contribution in [3.8, 4) is 0 Å². The van der Waals surface area contributed by atoms with E-state index < -0.39 is 0 Å². The fraction of sp³-hybridized carbons (Fsp3) is 0.393. The van der Waals surface area contributed by atoms with Gasteiger partial charge in [-0.2, -0.15) is 6.08 Å². The quantitative estimate of drug-likeness (QED) is 0.219. The van der Waals surface area contributed by atoms with E-state index in [4.69, 9.17) is 0 Å². The molecule has 0 saturated heterocycles. The van der Waals surface area contributed by atoms with Crippen molar-refractivity contribution in [2.75, 3.05) is 0 Å². The predicted octanol–water partition coefficient (Wildman–Crippen LogP) is 8.40. The van der Waals surface area contributed by atoms with Crippen molar-refractivity contribution in [1.29, 1.82) is 0 Å². The number of benzene rings is 2. The first kappa shape index (κ1) is 25.2. The Labute approximate surface area is 199 Å². The fourth-order valence-corrected chi connectivity index (χ4v) is 3.30. The standard InChI is InChI=1S/C21H25.C5H5.C2H6Si.Zr/c1-20(2,3)16-7-9-18-14(12-16)11-15-13-17(21(4,5)6)8-10-19(15)18;1-2-4-5-3-1;1-3-2;/h7-13H,1-6H3;1-3H,4H2;1-2H3;/q2*-1;;+2. The molecule has 0 saturated carbocycles. The molecule has 1 aliphatic rings. The largest absolute Gasteiger partial charge is 0.273 e. The van der Waals surface area contributed by atoms with Crippen LogP contribution in [-0.4, -0.2) is 5.43 Å². The summed E-state index contributed by atoms with van der Waals surface area (Å²) in [7, 11) is 0. The molecular formula is C28H36SiZr. The monoisotopic (exact) mass is 490 g/mol. The van der Waals surface area contributed by atoms with E-state index in [1.54, 1.807) is 23.3 Å². The van der Waals surface area contributed by atoms with Crippen LogP contribution in [0.1, 0.15) is 59.1 Å². The van der Waals surface area contributed by atoms with Crippen molar-refractivity contribution in [3.63, 3.8) is 0 Å². The number of allylic oxidation sites excluding steroid dienone is 4. The van der Waals surface area contributed by atoms with Gasteiger partial charge in [-0.25, -0.2) is 12.2 Å². The Balaban J connectivity index is 0.000000297. The van der Waals surface area contributed by atoms with E-state index in [1.807, 2.05) is 12.2 Å². The summed E-state index contributed by atoms with van der Waals surface area (Å²) in [6.45, 7) is 18.3. The third-order valence-electron chi connectivity index (χ3n) is 5.02. The average Bonchev–Trinajstić information content (AvgIpc) is 3.30. The molecule has 0 nitrogen and oxygen atoms in total. The first-order valence-electron chi connectivity index (χ1n) is 10.8. The van der Waals surface area contributed by atoms with Crippen molar-refractivity contribution >= 4 is 27.0 Å². The van der Waals surface area contributed by atoms with Crippen LogP contribution >= 0.6 is 0 Å². The van der Waals surface area contributed by atoms with Crippen molar-refractivity contribution < 1.29 is 23.3 Å². The maximum Gasteiger partial charge on any atom is -0.109 e. The van der Waals surface area contributed by atoms with Crippen LogP contribution in [0.4, 0.5) is 0 Å². The van der Waals surface area contributed by atoms with E-state index in [9.17, 15) is 0 Å². The molecule has 0 spiro atoms. The molecule has 0 atom stereocenters. The Morgan fingerprint density at radius 1 is 0.833 bits per heavy atom. The van der Waals surface area contributed by atoms with Crippen molar-refractivity contribution in [1.82, 2.24) is 0 Å². The van der Waals surface area contributed by atoms with Crippen molar-refractivity contribution in [2.45, 2.75) is 71.9 Å². The second-order valence-electron chi connectivity index (χ2n) is 10.3. The zero-order valence-corrected chi connectivity index (χ0v) is 23.4. The summed E-state index contributed by atoms with van der Waals surface area (Å²) in [5, 5.41) is 5.48. The molecule has 0 radical (unpaired) electrons. The van der Waals surface area contributed by atoms with Gasteiger partial charge in [0, 0.05) is 0 Å². The summed E-state index contributed by atoms with van der Waals surface area (Å²) in [6, 6.07) is 16.2. The minimum Gasteiger partial charge on any atom is -0.273 e. The van der Waals surface area contributed by atoms with Gasteiger partial charge in [0.1, 0.15) is 0 Å². The molecule has 156 valence electrons. The molecule has 0 amide bonds. The zero-order chi connectivity index (χ0) is 22.5. The predicted molar refractivity (Wildman–Crippen MR) is 133 cm³/mol. The van der Waals surface area contributed by atoms with Gasteiger partial charge in [-0.3, -0.25) is 6.08 Å². The zero-order valence-electron chi connectivity index (χ0n) is 20.0. The van der Waals surface area contributed by atoms with Crippen molar-refractivity contribution in [2.24, 2.45) is 0 Å². The molecule has 30 heavy (non-hydrogen) atoms. The second kappa shape index (κ2) is 10.5. The molecule has 0 heterocycles. The molecule has 0 N–H and O–H groups in total. The van der Waals surface area contributed by atoms with Gasteiger partial charge in [0.05, 0.1) is 0 Å². The number of rotatable bonds is 0. The maximum absolute atomic E-state index is 2.99. The molecule has 0 aromatic heterocycles. The van der Waals surface area contributed by atoms with Crippen LogP contribution in [0.5, 0.6) is 0 Å². The van der Waals surface area contributed by atoms with Crippen LogP contribution in [0.25, 0.3) is 21.5 Å². The molecule has 2 heteroatoms. The van der Waals surface area contributed by atoms with Gasteiger partial charge in [-0.05, 0) is 10.8 Å². The van der Waals surface area contributed by atoms with Crippen LogP contribution in [0.2, 0.25) is 13.1 Å². The molecule has 0 aliphatic heterocycles. The van der Waals surface area contributed by atoms with Crippen LogP contribution in [0.15, 0.2) is 60.7 Å². The van der Waals surface area contributed by atoms with Gasteiger partial charge < -0.3 is 0 Å². The molecular weight excluding hydrogens is 456 g/mol. The van der Waals surface area contributed by atoms with Gasteiger partial charge >= 0.3 is 41.9 Å². The van der Waals surface area contributed by atoms with Gasteiger partial charge in [0.2, 0.25) is 0 Å². The van der Waals surface area contributed by atoms with Gasteiger partial charge in [0.25, 0.3) is 0 Å². The van der Waals surface area contributed by atoms with Crippen molar-refractivity contribution in [3.05, 3.63) is 77.9 Å². The Hall–Kier alpha value is -1.11. The van der Waals surface area contributed by atoms with Crippen LogP contribution in [0, 0.1) is 6.08 Å². The average molecular weight is 492 g/mol. The Morgan fingerprint density at radius 3 is 1.53 bits per heavy atom. The smallest absolute Gasteiger partial charge is 0.109 e. The summed E-state index contributed by atoms with van der Waals surface area (Å²) in [5.74, 6) is 0. The van der Waals surface area contributed by atoms with E-state index in [0.717, 1.165) is 6.42 Å². The molecule has 0 unspecified atom stereocenters. The topological polar surface area (TPSA) is 0 Å². The molecule has 3 aromatic rings. The van der Waals surface area contributed by atoms with Crippen LogP contribution < -0.4 is 0 Å². The number of fused-ring (bicyclic) bond motifs is 3. The summed E-state index contributed by atoms with van der Waals surface area (Å²) >= 11 is 1.74. The molecule has 4 rings (SSSR count). The van der Waals surface area contributed by atoms with Crippen LogP contribution in [0.3, 0.4) is 0 Å². The molecule has 0 bridgehead atoms. The number of hydrogen-bond acceptors (Lipinski definition) is 0. The summed E-state index contributed by atoms with van der Waals surface area (Å²) < 4.78 is 0. The third-order valence-corrected chi connectivity index (χ3v) is 5.02. The summed E-state index contributed by atoms with van der Waals surface area (Å²) in [4.78, 5) is 0. The van der Waals surface area contributed by atoms with E-state index >= 15 is 0 Å².